The first kappa shape index (κ1) is 17.1. The Labute approximate surface area is 141 Å². The maximum Gasteiger partial charge on any atom is 0.244 e. The number of rotatable bonds is 6. The van der Waals surface area contributed by atoms with Crippen LogP contribution in [0.15, 0.2) is 48.5 Å². The third-order valence-electron chi connectivity index (χ3n) is 3.36. The van der Waals surface area contributed by atoms with Crippen LogP contribution in [0, 0.1) is 11.3 Å². The number of hydrogen-bond acceptors (Lipinski definition) is 4. The molecule has 0 bridgehead atoms. The fourth-order valence-electron chi connectivity index (χ4n) is 2.13. The minimum absolute atomic E-state index is 0.216. The van der Waals surface area contributed by atoms with E-state index >= 15 is 0 Å². The van der Waals surface area contributed by atoms with Crippen molar-refractivity contribution in [2.75, 3.05) is 14.2 Å². The predicted molar refractivity (Wildman–Crippen MR) is 91.6 cm³/mol. The molecule has 0 spiro atoms. The number of nitriles is 1. The van der Waals surface area contributed by atoms with Gasteiger partial charge in [-0.25, -0.2) is 0 Å². The molecule has 1 N–H and O–H groups in total. The molecular formula is C19H18N2O3. The van der Waals surface area contributed by atoms with Gasteiger partial charge in [-0.15, -0.1) is 0 Å². The number of methoxy groups -OCH3 is 2. The van der Waals surface area contributed by atoms with Gasteiger partial charge in [-0.3, -0.25) is 4.79 Å². The number of benzene rings is 2. The molecule has 0 aromatic heterocycles. The SMILES string of the molecule is COc1ccc(/C=C/C(=O)NCc2cccc(C#N)c2)cc1OC. The standard InChI is InChI=1S/C19H18N2O3/c1-23-17-8-6-14(11-18(17)24-2)7-9-19(22)21-13-16-5-3-4-15(10-16)12-20/h3-11H,13H2,1-2H3,(H,21,22)/b9-7+. The van der Waals surface area contributed by atoms with Crippen molar-refractivity contribution in [3.63, 3.8) is 0 Å². The van der Waals surface area contributed by atoms with Gasteiger partial charge in [0.1, 0.15) is 0 Å². The number of carbonyl (C=O) groups is 1. The van der Waals surface area contributed by atoms with E-state index in [0.29, 0.717) is 23.6 Å². The van der Waals surface area contributed by atoms with E-state index in [9.17, 15) is 4.79 Å². The first-order valence-electron chi connectivity index (χ1n) is 7.33. The Balaban J connectivity index is 1.96. The van der Waals surface area contributed by atoms with Crippen LogP contribution in [0.1, 0.15) is 16.7 Å². The average molecular weight is 322 g/mol. The van der Waals surface area contributed by atoms with E-state index in [0.717, 1.165) is 11.1 Å². The van der Waals surface area contributed by atoms with Crippen LogP contribution in [-0.2, 0) is 11.3 Å². The molecule has 1 amide bonds. The molecular weight excluding hydrogens is 304 g/mol. The predicted octanol–water partition coefficient (Wildman–Crippen LogP) is 2.91. The second-order valence-electron chi connectivity index (χ2n) is 4.98. The maximum absolute atomic E-state index is 11.9. The second-order valence-corrected chi connectivity index (χ2v) is 4.98. The largest absolute Gasteiger partial charge is 0.493 e. The molecule has 2 rings (SSSR count). The highest BCUT2D eigenvalue weighted by Gasteiger charge is 2.03. The van der Waals surface area contributed by atoms with Crippen LogP contribution in [0.4, 0.5) is 0 Å². The molecule has 2 aromatic rings. The van der Waals surface area contributed by atoms with E-state index in [1.54, 1.807) is 50.6 Å². The van der Waals surface area contributed by atoms with Crippen LogP contribution in [0.5, 0.6) is 11.5 Å². The number of hydrogen-bond donors (Lipinski definition) is 1. The molecule has 0 fully saturated rings. The molecule has 0 unspecified atom stereocenters. The summed E-state index contributed by atoms with van der Waals surface area (Å²) in [6.07, 6.45) is 3.15. The van der Waals surface area contributed by atoms with Gasteiger partial charge in [-0.2, -0.15) is 5.26 Å². The summed E-state index contributed by atoms with van der Waals surface area (Å²) in [5, 5.41) is 11.6. The molecule has 0 saturated heterocycles. The highest BCUT2D eigenvalue weighted by atomic mass is 16.5. The molecule has 2 aromatic carbocycles. The molecule has 122 valence electrons. The van der Waals surface area contributed by atoms with Crippen molar-refractivity contribution in [2.45, 2.75) is 6.54 Å². The number of nitrogens with one attached hydrogen (secondary N) is 1. The summed E-state index contributed by atoms with van der Waals surface area (Å²) in [6, 6.07) is 14.6. The minimum Gasteiger partial charge on any atom is -0.493 e. The second kappa shape index (κ2) is 8.39. The van der Waals surface area contributed by atoms with Gasteiger partial charge in [0.25, 0.3) is 0 Å². The van der Waals surface area contributed by atoms with Crippen molar-refractivity contribution >= 4 is 12.0 Å². The number of nitrogens with zero attached hydrogens (tertiary/aromatic N) is 1. The first-order chi connectivity index (χ1) is 11.7. The first-order valence-corrected chi connectivity index (χ1v) is 7.33. The average Bonchev–Trinajstić information content (AvgIpc) is 2.64. The van der Waals surface area contributed by atoms with E-state index in [1.165, 1.54) is 6.08 Å². The minimum atomic E-state index is -0.216. The normalized spacial score (nSPS) is 10.2. The number of amides is 1. The lowest BCUT2D eigenvalue weighted by Crippen LogP contribution is -2.20. The zero-order chi connectivity index (χ0) is 17.4. The molecule has 0 radical (unpaired) electrons. The van der Waals surface area contributed by atoms with Crippen molar-refractivity contribution in [1.29, 1.82) is 5.26 Å². The van der Waals surface area contributed by atoms with E-state index in [-0.39, 0.29) is 5.91 Å². The van der Waals surface area contributed by atoms with Crippen LogP contribution in [0.3, 0.4) is 0 Å². The lowest BCUT2D eigenvalue weighted by atomic mass is 10.1. The Morgan fingerprint density at radius 1 is 1.17 bits per heavy atom. The van der Waals surface area contributed by atoms with Crippen LogP contribution >= 0.6 is 0 Å². The van der Waals surface area contributed by atoms with Gasteiger partial charge in [0, 0.05) is 12.6 Å². The molecule has 0 aliphatic heterocycles. The topological polar surface area (TPSA) is 71.3 Å². The Morgan fingerprint density at radius 2 is 1.96 bits per heavy atom. The molecule has 24 heavy (non-hydrogen) atoms. The lowest BCUT2D eigenvalue weighted by molar-refractivity contribution is -0.116. The molecule has 0 saturated carbocycles. The van der Waals surface area contributed by atoms with Crippen molar-refractivity contribution in [2.24, 2.45) is 0 Å². The van der Waals surface area contributed by atoms with Crippen LogP contribution < -0.4 is 14.8 Å². The Bertz CT molecular complexity index is 791. The Morgan fingerprint density at radius 3 is 2.67 bits per heavy atom. The summed E-state index contributed by atoms with van der Waals surface area (Å²) >= 11 is 0. The van der Waals surface area contributed by atoms with Crippen molar-refractivity contribution < 1.29 is 14.3 Å². The third-order valence-corrected chi connectivity index (χ3v) is 3.36. The van der Waals surface area contributed by atoms with E-state index in [4.69, 9.17) is 14.7 Å². The van der Waals surface area contributed by atoms with Gasteiger partial charge in [0.15, 0.2) is 11.5 Å². The van der Waals surface area contributed by atoms with Gasteiger partial charge in [0.2, 0.25) is 5.91 Å². The van der Waals surface area contributed by atoms with Gasteiger partial charge >= 0.3 is 0 Å². The van der Waals surface area contributed by atoms with Gasteiger partial charge < -0.3 is 14.8 Å². The zero-order valence-electron chi connectivity index (χ0n) is 13.6. The summed E-state index contributed by atoms with van der Waals surface area (Å²) in [5.41, 5.74) is 2.28. The zero-order valence-corrected chi connectivity index (χ0v) is 13.6. The summed E-state index contributed by atoms with van der Waals surface area (Å²) in [6.45, 7) is 0.366. The molecule has 0 heterocycles. The number of ether oxygens (including phenoxy) is 2. The van der Waals surface area contributed by atoms with Crippen molar-refractivity contribution in [3.05, 3.63) is 65.2 Å². The lowest BCUT2D eigenvalue weighted by Gasteiger charge is -2.07. The molecule has 0 aliphatic carbocycles. The van der Waals surface area contributed by atoms with E-state index in [2.05, 4.69) is 11.4 Å². The fourth-order valence-corrected chi connectivity index (χ4v) is 2.13. The summed E-state index contributed by atoms with van der Waals surface area (Å²) in [7, 11) is 3.13. The van der Waals surface area contributed by atoms with E-state index in [1.807, 2.05) is 12.1 Å². The highest BCUT2D eigenvalue weighted by Crippen LogP contribution is 2.27. The monoisotopic (exact) mass is 322 g/mol. The number of carbonyl (C=O) groups excluding carboxylic acids is 1. The van der Waals surface area contributed by atoms with Crippen molar-refractivity contribution in [1.82, 2.24) is 5.32 Å². The summed E-state index contributed by atoms with van der Waals surface area (Å²) < 4.78 is 10.4. The molecule has 5 nitrogen and oxygen atoms in total. The molecule has 0 atom stereocenters. The quantitative estimate of drug-likeness (QED) is 0.830. The van der Waals surface area contributed by atoms with Crippen LogP contribution in [0.2, 0.25) is 0 Å². The van der Waals surface area contributed by atoms with Gasteiger partial charge in [-0.05, 0) is 41.5 Å². The molecule has 5 heteroatoms. The highest BCUT2D eigenvalue weighted by molar-refractivity contribution is 5.91. The van der Waals surface area contributed by atoms with E-state index < -0.39 is 0 Å². The van der Waals surface area contributed by atoms with Crippen LogP contribution in [-0.4, -0.2) is 20.1 Å². The van der Waals surface area contributed by atoms with Crippen LogP contribution in [0.25, 0.3) is 6.08 Å². The summed E-state index contributed by atoms with van der Waals surface area (Å²) in [4.78, 5) is 11.9. The Kier molecular flexibility index (Phi) is 5.98. The third kappa shape index (κ3) is 4.62. The Hall–Kier alpha value is -3.26. The maximum atomic E-state index is 11.9. The van der Waals surface area contributed by atoms with Gasteiger partial charge in [-0.1, -0.05) is 18.2 Å². The molecule has 0 aliphatic rings. The van der Waals surface area contributed by atoms with Crippen molar-refractivity contribution in [3.8, 4) is 17.6 Å². The summed E-state index contributed by atoms with van der Waals surface area (Å²) in [5.74, 6) is 1.02. The van der Waals surface area contributed by atoms with Gasteiger partial charge in [0.05, 0.1) is 25.9 Å². The fraction of sp³-hybridized carbons (Fsp3) is 0.158. The smallest absolute Gasteiger partial charge is 0.244 e.